The Hall–Kier alpha value is -6.51. The van der Waals surface area contributed by atoms with Gasteiger partial charge < -0.3 is 0 Å². The van der Waals surface area contributed by atoms with E-state index in [0.717, 1.165) is 38.5 Å². The van der Waals surface area contributed by atoms with Crippen molar-refractivity contribution in [2.45, 2.75) is 38.5 Å². The smallest absolute Gasteiger partial charge is 0.149 e. The number of hydrogen-bond acceptors (Lipinski definition) is 0. The van der Waals surface area contributed by atoms with Crippen molar-refractivity contribution >= 4 is 34.0 Å². The highest BCUT2D eigenvalue weighted by Crippen LogP contribution is 2.25. The minimum Gasteiger partial charge on any atom is -0.149 e. The van der Waals surface area contributed by atoms with E-state index in [1.165, 1.54) is 82.3 Å². The van der Waals surface area contributed by atoms with E-state index in [9.17, 15) is 0 Å². The molecule has 9 aromatic rings. The largest absolute Gasteiger partial charge is 0.247 e. The fraction of sp³-hybridized carbons (Fsp3) is 0.100. The molecule has 0 saturated heterocycles. The van der Waals surface area contributed by atoms with Crippen molar-refractivity contribution in [3.63, 3.8) is 0 Å². The van der Waals surface area contributed by atoms with Crippen LogP contribution in [-0.4, -0.2) is 7.38 Å². The Morgan fingerprint density at radius 2 is 0.371 bits per heavy atom. The molecule has 0 aliphatic carbocycles. The minimum absolute atomic E-state index is 0.832. The fourth-order valence-electron chi connectivity index (χ4n) is 8.99. The van der Waals surface area contributed by atoms with Gasteiger partial charge in [0.2, 0.25) is 7.38 Å². The van der Waals surface area contributed by atoms with Crippen molar-refractivity contribution in [3.05, 3.63) is 303 Å². The molecule has 9 rings (SSSR count). The molecule has 2 heteroatoms. The van der Waals surface area contributed by atoms with Gasteiger partial charge in [0.25, 0.3) is 0 Å². The van der Waals surface area contributed by atoms with Gasteiger partial charge in [-0.05, 0) is 121 Å². The molecule has 0 N–H and O–H groups in total. The average molecular weight is 836 g/mol. The topological polar surface area (TPSA) is 0 Å². The van der Waals surface area contributed by atoms with Gasteiger partial charge in [-0.15, -0.1) is 11.1 Å². The molecule has 0 aromatic heterocycles. The molecule has 0 nitrogen and oxygen atoms in total. The van der Waals surface area contributed by atoms with Gasteiger partial charge in [0.05, 0.1) is 0 Å². The van der Waals surface area contributed by atoms with E-state index < -0.39 is 7.38 Å². The normalized spacial score (nSPS) is 11.4. The molecular weight excluding hydrogens is 784 g/mol. The maximum absolute atomic E-state index is 8.90. The van der Waals surface area contributed by atoms with Crippen molar-refractivity contribution < 1.29 is 0 Å². The van der Waals surface area contributed by atoms with Crippen LogP contribution >= 0.6 is 11.1 Å². The van der Waals surface area contributed by atoms with Crippen LogP contribution in [0.25, 0.3) is 0 Å². The first-order valence-electron chi connectivity index (χ1n) is 21.8. The van der Waals surface area contributed by atoms with Gasteiger partial charge in [-0.2, -0.15) is 0 Å². The molecule has 0 aliphatic heterocycles. The lowest BCUT2D eigenvalue weighted by Crippen LogP contribution is -2.63. The SMILES string of the molecule is Cl[Si](c1cc(Cc2ccccc2)cc(Cc2ccccc2)c1)(c1cc(Cc2ccccc2)cc(Cc2ccccc2)c1)c1cc(Cc2ccccc2)cc(Cc2ccccc2)c1. The number of hydrogen-bond donors (Lipinski definition) is 0. The summed E-state index contributed by atoms with van der Waals surface area (Å²) in [5.41, 5.74) is 15.5. The summed E-state index contributed by atoms with van der Waals surface area (Å²) in [6, 6.07) is 87.1. The second-order valence-electron chi connectivity index (χ2n) is 16.7. The van der Waals surface area contributed by atoms with E-state index in [1.807, 2.05) is 0 Å². The third-order valence-electron chi connectivity index (χ3n) is 11.9. The molecule has 302 valence electrons. The van der Waals surface area contributed by atoms with Crippen LogP contribution in [0.2, 0.25) is 0 Å². The van der Waals surface area contributed by atoms with Gasteiger partial charge in [-0.1, -0.05) is 237 Å². The third-order valence-corrected chi connectivity index (χ3v) is 17.1. The van der Waals surface area contributed by atoms with Gasteiger partial charge >= 0.3 is 0 Å². The summed E-state index contributed by atoms with van der Waals surface area (Å²) in [5.74, 6) is 0. The molecule has 0 atom stereocenters. The molecule has 0 saturated carbocycles. The molecule has 0 fully saturated rings. The Morgan fingerprint density at radius 1 is 0.210 bits per heavy atom. The maximum atomic E-state index is 8.90. The van der Waals surface area contributed by atoms with Gasteiger partial charge in [0.1, 0.15) is 0 Å². The van der Waals surface area contributed by atoms with E-state index >= 15 is 0 Å². The van der Waals surface area contributed by atoms with Gasteiger partial charge in [-0.25, -0.2) is 0 Å². The first-order chi connectivity index (χ1) is 30.5. The van der Waals surface area contributed by atoms with Crippen LogP contribution in [-0.2, 0) is 38.5 Å². The lowest BCUT2D eigenvalue weighted by Gasteiger charge is -2.30. The highest BCUT2D eigenvalue weighted by molar-refractivity contribution is 7.40. The summed E-state index contributed by atoms with van der Waals surface area (Å²) in [6.45, 7) is 0. The molecule has 0 aliphatic rings. The molecule has 62 heavy (non-hydrogen) atoms. The monoisotopic (exact) mass is 834 g/mol. The Labute approximate surface area is 373 Å². The van der Waals surface area contributed by atoms with E-state index in [4.69, 9.17) is 11.1 Å². The van der Waals surface area contributed by atoms with Crippen LogP contribution in [0.4, 0.5) is 0 Å². The highest BCUT2D eigenvalue weighted by atomic mass is 35.6. The summed E-state index contributed by atoms with van der Waals surface area (Å²) in [5, 5.41) is 3.68. The molecule has 0 heterocycles. The molecule has 0 unspecified atom stereocenters. The van der Waals surface area contributed by atoms with Gasteiger partial charge in [-0.3, -0.25) is 0 Å². The van der Waals surface area contributed by atoms with Gasteiger partial charge in [0.15, 0.2) is 0 Å². The zero-order valence-corrected chi connectivity index (χ0v) is 36.9. The fourth-order valence-corrected chi connectivity index (χ4v) is 13.3. The second kappa shape index (κ2) is 19.5. The van der Waals surface area contributed by atoms with Crippen molar-refractivity contribution in [1.29, 1.82) is 0 Å². The standard InChI is InChI=1S/C60H51ClSi/c61-62(58-40-52(31-46-19-7-1-8-20-46)37-53(41-58)32-47-21-9-2-10-22-47,59-42-54(33-48-23-11-3-12-24-48)38-55(43-59)34-49-25-13-4-14-26-49)60-44-56(35-50-27-15-5-16-28-50)39-57(45-60)36-51-29-17-6-18-30-51/h1-30,37-45H,31-36H2. The van der Waals surface area contributed by atoms with E-state index in [1.54, 1.807) is 0 Å². The Morgan fingerprint density at radius 3 is 0.532 bits per heavy atom. The molecule has 9 aromatic carbocycles. The van der Waals surface area contributed by atoms with Crippen LogP contribution in [0.1, 0.15) is 66.8 Å². The highest BCUT2D eigenvalue weighted by Gasteiger charge is 2.40. The van der Waals surface area contributed by atoms with Crippen molar-refractivity contribution in [2.24, 2.45) is 0 Å². The molecule has 0 amide bonds. The number of benzene rings is 9. The van der Waals surface area contributed by atoms with Crippen LogP contribution < -0.4 is 15.6 Å². The van der Waals surface area contributed by atoms with E-state index in [2.05, 4.69) is 237 Å². The predicted molar refractivity (Wildman–Crippen MR) is 265 cm³/mol. The summed E-state index contributed by atoms with van der Waals surface area (Å²) >= 11 is 8.90. The van der Waals surface area contributed by atoms with Crippen LogP contribution in [0.5, 0.6) is 0 Å². The van der Waals surface area contributed by atoms with Gasteiger partial charge in [0, 0.05) is 0 Å². The van der Waals surface area contributed by atoms with Crippen LogP contribution in [0, 0.1) is 0 Å². The Balaban J connectivity index is 1.28. The number of rotatable bonds is 15. The predicted octanol–water partition coefficient (Wildman–Crippen LogP) is 12.4. The first kappa shape index (κ1) is 40.9. The van der Waals surface area contributed by atoms with E-state index in [0.29, 0.717) is 0 Å². The van der Waals surface area contributed by atoms with Crippen LogP contribution in [0.3, 0.4) is 0 Å². The summed E-state index contributed by atoms with van der Waals surface area (Å²) < 4.78 is 0. The summed E-state index contributed by atoms with van der Waals surface area (Å²) in [4.78, 5) is 0. The summed E-state index contributed by atoms with van der Waals surface area (Å²) in [7, 11) is -3.30. The lowest BCUT2D eigenvalue weighted by molar-refractivity contribution is 1.14. The Bertz CT molecular complexity index is 2330. The van der Waals surface area contributed by atoms with E-state index in [-0.39, 0.29) is 0 Å². The third kappa shape index (κ3) is 10.3. The quantitative estimate of drug-likeness (QED) is 0.0548. The molecule has 0 spiro atoms. The van der Waals surface area contributed by atoms with Crippen molar-refractivity contribution in [1.82, 2.24) is 0 Å². The average Bonchev–Trinajstić information content (AvgIpc) is 3.30. The first-order valence-corrected chi connectivity index (χ1v) is 24.9. The van der Waals surface area contributed by atoms with Crippen LogP contribution in [0.15, 0.2) is 237 Å². The zero-order chi connectivity index (χ0) is 42.0. The van der Waals surface area contributed by atoms with Crippen molar-refractivity contribution in [3.8, 4) is 0 Å². The molecule has 0 radical (unpaired) electrons. The second-order valence-corrected chi connectivity index (χ2v) is 21.5. The van der Waals surface area contributed by atoms with Crippen molar-refractivity contribution in [2.75, 3.05) is 0 Å². The number of halogens is 1. The maximum Gasteiger partial charge on any atom is 0.247 e. The summed E-state index contributed by atoms with van der Waals surface area (Å²) in [6.07, 6.45) is 4.99. The molecular formula is C60H51ClSi. The minimum atomic E-state index is -3.30. The lowest BCUT2D eigenvalue weighted by atomic mass is 9.99. The Kier molecular flexibility index (Phi) is 12.8. The zero-order valence-electron chi connectivity index (χ0n) is 35.1. The molecule has 0 bridgehead atoms.